The lowest BCUT2D eigenvalue weighted by Gasteiger charge is -2.34. The van der Waals surface area contributed by atoms with E-state index in [1.165, 1.54) is 128 Å². The van der Waals surface area contributed by atoms with Crippen LogP contribution in [-0.2, 0) is 28.6 Å². The number of rotatable bonds is 48. The van der Waals surface area contributed by atoms with Crippen LogP contribution in [-0.4, -0.2) is 75.5 Å². The van der Waals surface area contributed by atoms with Crippen LogP contribution in [0.25, 0.3) is 0 Å². The Morgan fingerprint density at radius 1 is 0.469 bits per heavy atom. The van der Waals surface area contributed by atoms with Crippen LogP contribution in [0.4, 0.5) is 0 Å². The van der Waals surface area contributed by atoms with Gasteiger partial charge in [-0.15, -0.1) is 0 Å². The Hall–Kier alpha value is -2.71. The van der Waals surface area contributed by atoms with Gasteiger partial charge in [0.15, 0.2) is 6.10 Å². The number of esters is 2. The second-order valence-corrected chi connectivity index (χ2v) is 19.1. The molecule has 0 heterocycles. The molecule has 0 spiro atoms. The SMILES string of the molecule is CCCCC/C=C/C/C=C/C/C=C/C/C=C/CCCCCCCC(=O)OCC(COCCC(C(=O)[O-])[N+](C)(C)C)OC(=O)CCCCCCCCCCCCCCCCCCCCC. The Kier molecular flexibility index (Phi) is 44.8. The third-order valence-electron chi connectivity index (χ3n) is 12.0. The molecule has 0 N–H and O–H groups in total. The first-order chi connectivity index (χ1) is 31.1. The first-order valence-corrected chi connectivity index (χ1v) is 26.7. The van der Waals surface area contributed by atoms with Crippen LogP contribution in [0.15, 0.2) is 48.6 Å². The number of unbranched alkanes of at least 4 members (excludes halogenated alkanes) is 26. The maximum Gasteiger partial charge on any atom is 0.306 e. The normalized spacial score (nSPS) is 13.2. The third kappa shape index (κ3) is 44.5. The molecular formula is C56H101NO7. The lowest BCUT2D eigenvalue weighted by atomic mass is 10.0. The van der Waals surface area contributed by atoms with Crippen LogP contribution in [0, 0.1) is 0 Å². The zero-order valence-electron chi connectivity index (χ0n) is 42.4. The molecule has 64 heavy (non-hydrogen) atoms. The molecule has 0 aromatic heterocycles. The Labute approximate surface area is 395 Å². The van der Waals surface area contributed by atoms with Crippen LogP contribution < -0.4 is 5.11 Å². The monoisotopic (exact) mass is 900 g/mol. The van der Waals surface area contributed by atoms with E-state index in [4.69, 9.17) is 14.2 Å². The van der Waals surface area contributed by atoms with E-state index in [-0.39, 0.29) is 42.7 Å². The van der Waals surface area contributed by atoms with Crippen molar-refractivity contribution in [1.82, 2.24) is 0 Å². The standard InChI is InChI=1S/C56H101NO7/c1-6-8-10-12-14-16-18-20-22-24-26-27-29-30-32-34-36-38-40-42-44-46-54(58)63-51-52(50-62-49-48-53(56(60)61)57(3,4)5)64-55(59)47-45-43-41-39-37-35-33-31-28-25-23-21-19-17-15-13-11-9-7-2/h14,16,20,22,26-27,30,32,52-53H,6-13,15,17-19,21,23-25,28-29,31,33-51H2,1-5H3/b16-14+,22-20+,27-26+,32-30+. The molecule has 0 saturated carbocycles. The van der Waals surface area contributed by atoms with E-state index >= 15 is 0 Å². The highest BCUT2D eigenvalue weighted by Gasteiger charge is 2.25. The molecule has 2 unspecified atom stereocenters. The largest absolute Gasteiger partial charge is 0.544 e. The van der Waals surface area contributed by atoms with Gasteiger partial charge in [-0.1, -0.05) is 210 Å². The first kappa shape index (κ1) is 61.3. The van der Waals surface area contributed by atoms with Crippen molar-refractivity contribution in [3.63, 3.8) is 0 Å². The summed E-state index contributed by atoms with van der Waals surface area (Å²) in [6.07, 6.45) is 57.1. The fraction of sp³-hybridized carbons (Fsp3) is 0.804. The molecule has 0 rings (SSSR count). The highest BCUT2D eigenvalue weighted by molar-refractivity contribution is 5.70. The highest BCUT2D eigenvalue weighted by Crippen LogP contribution is 2.16. The molecule has 0 radical (unpaired) electrons. The van der Waals surface area contributed by atoms with Crippen LogP contribution in [0.3, 0.4) is 0 Å². The second kappa shape index (κ2) is 46.8. The predicted octanol–water partition coefficient (Wildman–Crippen LogP) is 14.2. The van der Waals surface area contributed by atoms with Crippen molar-refractivity contribution < 1.29 is 38.2 Å². The van der Waals surface area contributed by atoms with Gasteiger partial charge >= 0.3 is 11.9 Å². The zero-order valence-corrected chi connectivity index (χ0v) is 42.4. The summed E-state index contributed by atoms with van der Waals surface area (Å²) in [6, 6.07) is -0.729. The number of carboxylic acid groups (broad SMARTS) is 1. The molecule has 0 aliphatic carbocycles. The van der Waals surface area contributed by atoms with Crippen LogP contribution in [0.2, 0.25) is 0 Å². The van der Waals surface area contributed by atoms with Crippen molar-refractivity contribution in [3.8, 4) is 0 Å². The van der Waals surface area contributed by atoms with Crippen LogP contribution in [0.5, 0.6) is 0 Å². The summed E-state index contributed by atoms with van der Waals surface area (Å²) >= 11 is 0. The molecule has 8 nitrogen and oxygen atoms in total. The lowest BCUT2D eigenvalue weighted by Crippen LogP contribution is -2.55. The van der Waals surface area contributed by atoms with Gasteiger partial charge in [-0.05, 0) is 57.8 Å². The number of quaternary nitrogens is 1. The fourth-order valence-corrected chi connectivity index (χ4v) is 7.82. The molecule has 0 fully saturated rings. The first-order valence-electron chi connectivity index (χ1n) is 26.7. The Balaban J connectivity index is 4.25. The van der Waals surface area contributed by atoms with E-state index in [2.05, 4.69) is 62.5 Å². The van der Waals surface area contributed by atoms with Gasteiger partial charge < -0.3 is 28.6 Å². The summed E-state index contributed by atoms with van der Waals surface area (Å²) in [6.45, 7) is 4.65. The molecule has 372 valence electrons. The van der Waals surface area contributed by atoms with E-state index in [0.717, 1.165) is 77.0 Å². The number of hydrogen-bond donors (Lipinski definition) is 0. The maximum atomic E-state index is 12.8. The van der Waals surface area contributed by atoms with Gasteiger partial charge in [-0.25, -0.2) is 0 Å². The van der Waals surface area contributed by atoms with Crippen molar-refractivity contribution in [2.24, 2.45) is 0 Å². The molecule has 0 amide bonds. The molecule has 0 aliphatic heterocycles. The van der Waals surface area contributed by atoms with Gasteiger partial charge in [0, 0.05) is 19.3 Å². The lowest BCUT2D eigenvalue weighted by molar-refractivity contribution is -0.889. The summed E-state index contributed by atoms with van der Waals surface area (Å²) in [5.74, 6) is -1.75. The van der Waals surface area contributed by atoms with Crippen LogP contribution >= 0.6 is 0 Å². The Morgan fingerprint density at radius 3 is 1.25 bits per heavy atom. The van der Waals surface area contributed by atoms with E-state index in [0.29, 0.717) is 12.8 Å². The summed E-state index contributed by atoms with van der Waals surface area (Å²) < 4.78 is 17.3. The Morgan fingerprint density at radius 2 is 0.828 bits per heavy atom. The van der Waals surface area contributed by atoms with Crippen molar-refractivity contribution in [1.29, 1.82) is 0 Å². The van der Waals surface area contributed by atoms with Gasteiger partial charge in [-0.2, -0.15) is 0 Å². The van der Waals surface area contributed by atoms with Crippen molar-refractivity contribution >= 4 is 17.9 Å². The van der Waals surface area contributed by atoms with Gasteiger partial charge in [0.05, 0.1) is 40.3 Å². The van der Waals surface area contributed by atoms with Crippen molar-refractivity contribution in [2.45, 2.75) is 251 Å². The van der Waals surface area contributed by atoms with E-state index in [9.17, 15) is 19.5 Å². The van der Waals surface area contributed by atoms with E-state index < -0.39 is 18.1 Å². The molecule has 0 aliphatic rings. The number of carboxylic acids is 1. The summed E-state index contributed by atoms with van der Waals surface area (Å²) in [5, 5.41) is 11.7. The molecule has 0 saturated heterocycles. The van der Waals surface area contributed by atoms with Gasteiger partial charge in [0.25, 0.3) is 0 Å². The van der Waals surface area contributed by atoms with Crippen LogP contribution in [0.1, 0.15) is 239 Å². The number of likely N-dealkylation sites (N-methyl/N-ethyl adjacent to an activating group) is 1. The van der Waals surface area contributed by atoms with Gasteiger partial charge in [0.2, 0.25) is 0 Å². The molecule has 0 aromatic rings. The average molecular weight is 900 g/mol. The van der Waals surface area contributed by atoms with Crippen molar-refractivity contribution in [3.05, 3.63) is 48.6 Å². The highest BCUT2D eigenvalue weighted by atomic mass is 16.6. The minimum Gasteiger partial charge on any atom is -0.544 e. The van der Waals surface area contributed by atoms with E-state index in [1.54, 1.807) is 21.1 Å². The second-order valence-electron chi connectivity index (χ2n) is 19.1. The van der Waals surface area contributed by atoms with E-state index in [1.807, 2.05) is 0 Å². The predicted molar refractivity (Wildman–Crippen MR) is 268 cm³/mol. The molecule has 0 aromatic carbocycles. The fourth-order valence-electron chi connectivity index (χ4n) is 7.82. The van der Waals surface area contributed by atoms with Gasteiger partial charge in [-0.3, -0.25) is 9.59 Å². The van der Waals surface area contributed by atoms with Crippen molar-refractivity contribution in [2.75, 3.05) is 41.0 Å². The molecule has 2 atom stereocenters. The topological polar surface area (TPSA) is 102 Å². The summed E-state index contributed by atoms with van der Waals surface area (Å²) in [4.78, 5) is 37.1. The van der Waals surface area contributed by atoms with Gasteiger partial charge in [0.1, 0.15) is 12.6 Å². The minimum absolute atomic E-state index is 0.0363. The third-order valence-corrected chi connectivity index (χ3v) is 12.0. The molecular weight excluding hydrogens is 799 g/mol. The Bertz CT molecular complexity index is 1190. The molecule has 8 heteroatoms. The quantitative estimate of drug-likeness (QED) is 0.0259. The summed E-state index contributed by atoms with van der Waals surface area (Å²) in [5.41, 5.74) is 0. The number of allylic oxidation sites excluding steroid dienone is 8. The number of ether oxygens (including phenoxy) is 3. The zero-order chi connectivity index (χ0) is 47.0. The minimum atomic E-state index is -1.13. The number of carbonyl (C=O) groups is 3. The number of nitrogens with zero attached hydrogens (tertiary/aromatic N) is 1. The molecule has 0 bridgehead atoms. The summed E-state index contributed by atoms with van der Waals surface area (Å²) in [7, 11) is 5.42. The number of hydrogen-bond acceptors (Lipinski definition) is 7. The smallest absolute Gasteiger partial charge is 0.306 e. The average Bonchev–Trinajstić information content (AvgIpc) is 3.26. The number of carbonyl (C=O) groups excluding carboxylic acids is 3. The maximum absolute atomic E-state index is 12.8. The number of aliphatic carboxylic acids is 1.